The Hall–Kier alpha value is -2.15. The van der Waals surface area contributed by atoms with E-state index in [0.717, 1.165) is 31.2 Å². The number of carbonyl (C=O) groups excluding carboxylic acids is 1. The largest absolute Gasteiger partial charge is 0.440 e. The maximum atomic E-state index is 12.4. The first-order valence-corrected chi connectivity index (χ1v) is 7.56. The van der Waals surface area contributed by atoms with Gasteiger partial charge in [0.15, 0.2) is 5.69 Å². The predicted molar refractivity (Wildman–Crippen MR) is 81.1 cm³/mol. The van der Waals surface area contributed by atoms with Crippen LogP contribution in [0.25, 0.3) is 11.5 Å². The lowest BCUT2D eigenvalue weighted by atomic mass is 9.92. The lowest BCUT2D eigenvalue weighted by molar-refractivity contribution is 0.0920. The molecule has 1 saturated carbocycles. The highest BCUT2D eigenvalue weighted by Crippen LogP contribution is 2.22. The topological polar surface area (TPSA) is 99.0 Å². The highest BCUT2D eigenvalue weighted by Gasteiger charge is 2.24. The third kappa shape index (κ3) is 3.04. The normalized spacial score (nSPS) is 21.8. The lowest BCUT2D eigenvalue weighted by Gasteiger charge is -2.26. The second-order valence-corrected chi connectivity index (χ2v) is 5.91. The van der Waals surface area contributed by atoms with Gasteiger partial charge in [0.25, 0.3) is 5.91 Å². The summed E-state index contributed by atoms with van der Waals surface area (Å²) >= 11 is 0. The number of nitrogens with one attached hydrogen (secondary N) is 1. The lowest BCUT2D eigenvalue weighted by Crippen LogP contribution is -2.40. The smallest absolute Gasteiger partial charge is 0.273 e. The molecule has 2 aromatic heterocycles. The minimum absolute atomic E-state index is 0.172. The molecular formula is C15H21N5O2. The van der Waals surface area contributed by atoms with Crippen molar-refractivity contribution in [3.05, 3.63) is 23.8 Å². The van der Waals surface area contributed by atoms with E-state index >= 15 is 0 Å². The molecule has 2 heterocycles. The van der Waals surface area contributed by atoms with E-state index in [-0.39, 0.29) is 18.0 Å². The van der Waals surface area contributed by atoms with Crippen LogP contribution in [0.15, 0.2) is 16.8 Å². The zero-order valence-electron chi connectivity index (χ0n) is 12.9. The number of rotatable bonds is 3. The average Bonchev–Trinajstić information content (AvgIpc) is 3.07. The molecule has 1 aliphatic rings. The molecule has 118 valence electrons. The fourth-order valence-electron chi connectivity index (χ4n) is 2.78. The van der Waals surface area contributed by atoms with Crippen LogP contribution in [0.3, 0.4) is 0 Å². The van der Waals surface area contributed by atoms with Crippen molar-refractivity contribution < 1.29 is 9.21 Å². The number of carbonyl (C=O) groups is 1. The monoisotopic (exact) mass is 303 g/mol. The molecule has 0 atom stereocenters. The van der Waals surface area contributed by atoms with Gasteiger partial charge in [0.05, 0.1) is 11.8 Å². The van der Waals surface area contributed by atoms with Crippen LogP contribution in [0, 0.1) is 6.92 Å². The Morgan fingerprint density at radius 3 is 2.77 bits per heavy atom. The fraction of sp³-hybridized carbons (Fsp3) is 0.533. The number of hydrogen-bond donors (Lipinski definition) is 2. The first kappa shape index (κ1) is 14.8. The van der Waals surface area contributed by atoms with Gasteiger partial charge in [-0.25, -0.2) is 4.98 Å². The van der Waals surface area contributed by atoms with E-state index in [9.17, 15) is 4.79 Å². The van der Waals surface area contributed by atoms with Gasteiger partial charge < -0.3 is 15.5 Å². The van der Waals surface area contributed by atoms with Gasteiger partial charge in [-0.1, -0.05) is 0 Å². The third-order valence-corrected chi connectivity index (χ3v) is 4.07. The summed E-state index contributed by atoms with van der Waals surface area (Å²) in [5, 5.41) is 7.11. The van der Waals surface area contributed by atoms with Crippen molar-refractivity contribution in [1.29, 1.82) is 0 Å². The van der Waals surface area contributed by atoms with Crippen molar-refractivity contribution in [3.8, 4) is 11.5 Å². The molecule has 0 bridgehead atoms. The Morgan fingerprint density at radius 2 is 2.14 bits per heavy atom. The summed E-state index contributed by atoms with van der Waals surface area (Å²) in [5.74, 6) is 0.752. The maximum absolute atomic E-state index is 12.4. The predicted octanol–water partition coefficient (Wildman–Crippen LogP) is 1.38. The Morgan fingerprint density at radius 1 is 1.41 bits per heavy atom. The zero-order valence-corrected chi connectivity index (χ0v) is 12.9. The summed E-state index contributed by atoms with van der Waals surface area (Å²) in [6.07, 6.45) is 7.19. The summed E-state index contributed by atoms with van der Waals surface area (Å²) < 4.78 is 7.26. The van der Waals surface area contributed by atoms with Gasteiger partial charge in [-0.2, -0.15) is 5.10 Å². The van der Waals surface area contributed by atoms with Crippen molar-refractivity contribution in [2.75, 3.05) is 0 Å². The first-order chi connectivity index (χ1) is 10.5. The Labute approximate surface area is 128 Å². The molecule has 0 saturated heterocycles. The fourth-order valence-corrected chi connectivity index (χ4v) is 2.78. The van der Waals surface area contributed by atoms with Crippen LogP contribution in [-0.4, -0.2) is 32.8 Å². The van der Waals surface area contributed by atoms with Gasteiger partial charge >= 0.3 is 0 Å². The number of nitrogens with zero attached hydrogens (tertiary/aromatic N) is 3. The summed E-state index contributed by atoms with van der Waals surface area (Å²) in [6, 6.07) is 0.435. The van der Waals surface area contributed by atoms with E-state index in [1.807, 2.05) is 7.05 Å². The first-order valence-electron chi connectivity index (χ1n) is 7.56. The average molecular weight is 303 g/mol. The van der Waals surface area contributed by atoms with Crippen molar-refractivity contribution in [2.24, 2.45) is 12.8 Å². The van der Waals surface area contributed by atoms with Gasteiger partial charge in [-0.3, -0.25) is 9.48 Å². The minimum Gasteiger partial charge on any atom is -0.440 e. The third-order valence-electron chi connectivity index (χ3n) is 4.07. The van der Waals surface area contributed by atoms with Crippen LogP contribution in [0.5, 0.6) is 0 Å². The van der Waals surface area contributed by atoms with E-state index < -0.39 is 0 Å². The van der Waals surface area contributed by atoms with E-state index in [4.69, 9.17) is 10.2 Å². The molecule has 0 spiro atoms. The second-order valence-electron chi connectivity index (χ2n) is 5.91. The number of hydrogen-bond acceptors (Lipinski definition) is 5. The highest BCUT2D eigenvalue weighted by molar-refractivity contribution is 5.93. The SMILES string of the molecule is Cc1oc(-c2cnn(C)c2)nc1C(=O)NC1CCC(N)CC1. The molecule has 1 amide bonds. The maximum Gasteiger partial charge on any atom is 0.273 e. The quantitative estimate of drug-likeness (QED) is 0.892. The van der Waals surface area contributed by atoms with Crippen LogP contribution < -0.4 is 11.1 Å². The number of nitrogens with two attached hydrogens (primary N) is 1. The van der Waals surface area contributed by atoms with Gasteiger partial charge in [0.1, 0.15) is 5.76 Å². The van der Waals surface area contributed by atoms with Crippen molar-refractivity contribution in [1.82, 2.24) is 20.1 Å². The number of aryl methyl sites for hydroxylation is 2. The minimum atomic E-state index is -0.183. The Balaban J connectivity index is 1.71. The number of aromatic nitrogens is 3. The summed E-state index contributed by atoms with van der Waals surface area (Å²) in [5.41, 5.74) is 6.98. The van der Waals surface area contributed by atoms with Crippen LogP contribution in [0.1, 0.15) is 41.9 Å². The van der Waals surface area contributed by atoms with E-state index in [2.05, 4.69) is 15.4 Å². The van der Waals surface area contributed by atoms with Crippen LogP contribution in [0.4, 0.5) is 0 Å². The molecule has 7 heteroatoms. The molecule has 22 heavy (non-hydrogen) atoms. The van der Waals surface area contributed by atoms with Gasteiger partial charge in [-0.15, -0.1) is 0 Å². The van der Waals surface area contributed by atoms with Crippen molar-refractivity contribution in [3.63, 3.8) is 0 Å². The Bertz CT molecular complexity index is 667. The summed E-state index contributed by atoms with van der Waals surface area (Å²) in [7, 11) is 1.82. The summed E-state index contributed by atoms with van der Waals surface area (Å²) in [4.78, 5) is 16.7. The molecule has 0 aromatic carbocycles. The molecule has 1 aliphatic carbocycles. The standard InChI is InChI=1S/C15H21N5O2/c1-9-13(14(21)18-12-5-3-11(16)4-6-12)19-15(22-9)10-7-17-20(2)8-10/h7-8,11-12H,3-6,16H2,1-2H3,(H,18,21). The highest BCUT2D eigenvalue weighted by atomic mass is 16.4. The second kappa shape index (κ2) is 5.92. The van der Waals surface area contributed by atoms with Crippen LogP contribution >= 0.6 is 0 Å². The molecular weight excluding hydrogens is 282 g/mol. The van der Waals surface area contributed by atoms with Gasteiger partial charge in [0.2, 0.25) is 5.89 Å². The van der Waals surface area contributed by atoms with Crippen molar-refractivity contribution in [2.45, 2.75) is 44.7 Å². The Kier molecular flexibility index (Phi) is 3.98. The van der Waals surface area contributed by atoms with Crippen molar-refractivity contribution >= 4 is 5.91 Å². The van der Waals surface area contributed by atoms with E-state index in [1.165, 1.54) is 0 Å². The molecule has 7 nitrogen and oxygen atoms in total. The van der Waals surface area contributed by atoms with Crippen LogP contribution in [-0.2, 0) is 7.05 Å². The molecule has 3 N–H and O–H groups in total. The van der Waals surface area contributed by atoms with E-state index in [1.54, 1.807) is 24.0 Å². The van der Waals surface area contributed by atoms with Gasteiger partial charge in [0, 0.05) is 25.3 Å². The van der Waals surface area contributed by atoms with Gasteiger partial charge in [-0.05, 0) is 32.6 Å². The molecule has 0 aliphatic heterocycles. The molecule has 3 rings (SSSR count). The van der Waals surface area contributed by atoms with Crippen LogP contribution in [0.2, 0.25) is 0 Å². The van der Waals surface area contributed by atoms with E-state index in [0.29, 0.717) is 17.3 Å². The molecule has 1 fully saturated rings. The summed E-state index contributed by atoms with van der Waals surface area (Å²) in [6.45, 7) is 1.75. The molecule has 2 aromatic rings. The molecule has 0 radical (unpaired) electrons. The number of amides is 1. The zero-order chi connectivity index (χ0) is 15.7. The molecule has 0 unspecified atom stereocenters. The number of oxazole rings is 1.